The lowest BCUT2D eigenvalue weighted by molar-refractivity contribution is 0.601. The molecule has 30 heavy (non-hydrogen) atoms. The van der Waals surface area contributed by atoms with Crippen LogP contribution in [-0.2, 0) is 22.0 Å². The lowest BCUT2D eigenvalue weighted by atomic mass is 10.0. The van der Waals surface area contributed by atoms with Gasteiger partial charge in [0, 0.05) is 24.1 Å². The highest BCUT2D eigenvalue weighted by atomic mass is 32.2. The molecule has 4 rings (SSSR count). The average Bonchev–Trinajstić information content (AvgIpc) is 3.39. The van der Waals surface area contributed by atoms with Gasteiger partial charge in [0.2, 0.25) is 0 Å². The third-order valence-corrected chi connectivity index (χ3v) is 5.67. The molecule has 2 heterocycles. The number of anilines is 3. The summed E-state index contributed by atoms with van der Waals surface area (Å²) in [5.74, 6) is 1.24. The maximum absolute atomic E-state index is 11.9. The van der Waals surface area contributed by atoms with Crippen LogP contribution in [0, 0.1) is 11.3 Å². The Hall–Kier alpha value is -3.16. The predicted molar refractivity (Wildman–Crippen MR) is 115 cm³/mol. The number of fused-ring (bicyclic) bond motifs is 1. The normalized spacial score (nSPS) is 13.9. The number of nitrogens with two attached hydrogens (primary N) is 1. The van der Waals surface area contributed by atoms with Gasteiger partial charge >= 0.3 is 0 Å². The highest BCUT2D eigenvalue weighted by Gasteiger charge is 2.23. The molecular weight excluding hydrogens is 402 g/mol. The molecule has 0 atom stereocenters. The third-order valence-electron chi connectivity index (χ3n) is 4.83. The topological polar surface area (TPSA) is 138 Å². The molecule has 9 nitrogen and oxygen atoms in total. The average molecular weight is 426 g/mol. The molecule has 0 aliphatic heterocycles. The van der Waals surface area contributed by atoms with Gasteiger partial charge in [-0.3, -0.25) is 0 Å². The zero-order chi connectivity index (χ0) is 21.3. The minimum Gasteiger partial charge on any atom is -0.367 e. The molecule has 2 aromatic heterocycles. The van der Waals surface area contributed by atoms with E-state index in [2.05, 4.69) is 26.8 Å². The Morgan fingerprint density at radius 2 is 2.10 bits per heavy atom. The van der Waals surface area contributed by atoms with Crippen molar-refractivity contribution in [2.24, 2.45) is 5.73 Å². The summed E-state index contributed by atoms with van der Waals surface area (Å²) in [6, 6.07) is 9.92. The van der Waals surface area contributed by atoms with Crippen molar-refractivity contribution in [3.8, 4) is 6.07 Å². The monoisotopic (exact) mass is 425 g/mol. The van der Waals surface area contributed by atoms with Crippen molar-refractivity contribution in [2.45, 2.75) is 31.1 Å². The minimum atomic E-state index is -3.19. The van der Waals surface area contributed by atoms with Crippen molar-refractivity contribution >= 4 is 32.8 Å². The number of nitrogens with one attached hydrogen (secondary N) is 2. The second-order valence-electron chi connectivity index (χ2n) is 7.57. The molecule has 156 valence electrons. The highest BCUT2D eigenvalue weighted by molar-refractivity contribution is 7.89. The Morgan fingerprint density at radius 3 is 2.77 bits per heavy atom. The van der Waals surface area contributed by atoms with Gasteiger partial charge in [-0.2, -0.15) is 14.9 Å². The molecule has 3 aromatic rings. The molecule has 0 spiro atoms. The molecule has 10 heteroatoms. The summed E-state index contributed by atoms with van der Waals surface area (Å²) < 4.78 is 25.3. The van der Waals surface area contributed by atoms with Crippen molar-refractivity contribution < 1.29 is 8.42 Å². The largest absolute Gasteiger partial charge is 0.367 e. The zero-order valence-electron chi connectivity index (χ0n) is 16.6. The van der Waals surface area contributed by atoms with Gasteiger partial charge in [0.25, 0.3) is 0 Å². The minimum absolute atomic E-state index is 0.0556. The molecule has 0 saturated heterocycles. The molecule has 0 unspecified atom stereocenters. The first kappa shape index (κ1) is 20.1. The Balaban J connectivity index is 1.71. The number of benzene rings is 1. The Morgan fingerprint density at radius 1 is 1.30 bits per heavy atom. The van der Waals surface area contributed by atoms with E-state index < -0.39 is 9.84 Å². The summed E-state index contributed by atoms with van der Waals surface area (Å²) in [4.78, 5) is 4.54. The Kier molecular flexibility index (Phi) is 5.32. The molecule has 1 aromatic carbocycles. The van der Waals surface area contributed by atoms with Crippen LogP contribution in [0.1, 0.15) is 29.5 Å². The van der Waals surface area contributed by atoms with Gasteiger partial charge in [-0.1, -0.05) is 6.07 Å². The van der Waals surface area contributed by atoms with Gasteiger partial charge in [0.1, 0.15) is 23.3 Å². The van der Waals surface area contributed by atoms with Crippen LogP contribution in [0.15, 0.2) is 30.5 Å². The van der Waals surface area contributed by atoms with Crippen LogP contribution in [0.2, 0.25) is 0 Å². The summed E-state index contributed by atoms with van der Waals surface area (Å²) in [5, 5.41) is 20.3. The van der Waals surface area contributed by atoms with Crippen molar-refractivity contribution in [2.75, 3.05) is 23.4 Å². The van der Waals surface area contributed by atoms with Crippen LogP contribution < -0.4 is 16.4 Å². The second-order valence-corrected chi connectivity index (χ2v) is 9.71. The van der Waals surface area contributed by atoms with E-state index in [9.17, 15) is 13.7 Å². The van der Waals surface area contributed by atoms with Gasteiger partial charge in [0.05, 0.1) is 11.9 Å². The van der Waals surface area contributed by atoms with Gasteiger partial charge in [0.15, 0.2) is 15.5 Å². The molecule has 0 amide bonds. The number of aromatic nitrogens is 3. The second kappa shape index (κ2) is 7.93. The molecule has 0 bridgehead atoms. The van der Waals surface area contributed by atoms with E-state index in [-0.39, 0.29) is 5.75 Å². The van der Waals surface area contributed by atoms with E-state index in [0.717, 1.165) is 24.2 Å². The maximum atomic E-state index is 11.9. The van der Waals surface area contributed by atoms with Crippen LogP contribution in [0.5, 0.6) is 0 Å². The van der Waals surface area contributed by atoms with Crippen molar-refractivity contribution in [1.82, 2.24) is 14.6 Å². The number of nitrogens with zero attached hydrogens (tertiary/aromatic N) is 4. The lowest BCUT2D eigenvalue weighted by Crippen LogP contribution is -2.10. The molecule has 1 aliphatic rings. The maximum Gasteiger partial charge on any atom is 0.177 e. The zero-order valence-corrected chi connectivity index (χ0v) is 17.4. The van der Waals surface area contributed by atoms with Gasteiger partial charge in [-0.25, -0.2) is 13.4 Å². The van der Waals surface area contributed by atoms with E-state index in [1.807, 2.05) is 24.3 Å². The number of hydrogen-bond acceptors (Lipinski definition) is 8. The predicted octanol–water partition coefficient (Wildman–Crippen LogP) is 1.96. The van der Waals surface area contributed by atoms with E-state index in [0.29, 0.717) is 47.3 Å². The quantitative estimate of drug-likeness (QED) is 0.498. The van der Waals surface area contributed by atoms with Crippen LogP contribution in [0.4, 0.5) is 17.3 Å². The van der Waals surface area contributed by atoms with Gasteiger partial charge in [-0.05, 0) is 49.1 Å². The first-order valence-corrected chi connectivity index (χ1v) is 11.7. The van der Waals surface area contributed by atoms with Crippen molar-refractivity contribution in [3.05, 3.63) is 47.2 Å². The molecule has 4 N–H and O–H groups in total. The molecule has 1 saturated carbocycles. The first-order chi connectivity index (χ1) is 14.4. The third kappa shape index (κ3) is 4.53. The summed E-state index contributed by atoms with van der Waals surface area (Å²) in [6.45, 7) is 0.441. The van der Waals surface area contributed by atoms with Crippen LogP contribution >= 0.6 is 0 Å². The first-order valence-electron chi connectivity index (χ1n) is 9.68. The fraction of sp³-hybridized carbons (Fsp3) is 0.350. The van der Waals surface area contributed by atoms with Crippen molar-refractivity contribution in [1.29, 1.82) is 5.26 Å². The van der Waals surface area contributed by atoms with Crippen molar-refractivity contribution in [3.63, 3.8) is 0 Å². The highest BCUT2D eigenvalue weighted by Crippen LogP contribution is 2.28. The van der Waals surface area contributed by atoms with E-state index in [1.54, 1.807) is 4.52 Å². The van der Waals surface area contributed by atoms with Gasteiger partial charge in [-0.15, -0.1) is 0 Å². The van der Waals surface area contributed by atoms with Crippen LogP contribution in [0.25, 0.3) is 5.65 Å². The van der Waals surface area contributed by atoms with E-state index >= 15 is 0 Å². The number of hydrogen-bond donors (Lipinski definition) is 3. The fourth-order valence-corrected chi connectivity index (χ4v) is 4.15. The van der Waals surface area contributed by atoms with E-state index in [1.165, 1.54) is 12.5 Å². The van der Waals surface area contributed by atoms with Crippen LogP contribution in [0.3, 0.4) is 0 Å². The summed E-state index contributed by atoms with van der Waals surface area (Å²) in [5.41, 5.74) is 8.85. The SMILES string of the molecule is CS(=O)(=O)Cc1cc(Nc2cc(NC3CC3)n3ncc(C#N)c3n2)ccc1CCN. The summed E-state index contributed by atoms with van der Waals surface area (Å²) >= 11 is 0. The molecule has 1 fully saturated rings. The molecule has 0 radical (unpaired) electrons. The van der Waals surface area contributed by atoms with Crippen LogP contribution in [-0.4, -0.2) is 41.9 Å². The number of nitriles is 1. The number of rotatable bonds is 8. The summed E-state index contributed by atoms with van der Waals surface area (Å²) in [7, 11) is -3.19. The van der Waals surface area contributed by atoms with Gasteiger partial charge < -0.3 is 16.4 Å². The number of sulfone groups is 1. The molecular formula is C20H23N7O2S. The Labute approximate surface area is 174 Å². The summed E-state index contributed by atoms with van der Waals surface area (Å²) in [6.07, 6.45) is 5.50. The smallest absolute Gasteiger partial charge is 0.177 e. The van der Waals surface area contributed by atoms with E-state index in [4.69, 9.17) is 5.73 Å². The Bertz CT molecular complexity index is 1240. The molecule has 1 aliphatic carbocycles. The standard InChI is InChI=1S/C20H23N7O2S/c1-30(28,29)12-14-8-17(3-2-13(14)6-7-21)24-18-9-19(25-16-4-5-16)27-20(26-18)15(10-22)11-23-27/h2-3,8-9,11,16,25H,4-7,12,21H2,1H3,(H,24,26). The lowest BCUT2D eigenvalue weighted by Gasteiger charge is -2.14. The fourth-order valence-electron chi connectivity index (χ4n) is 3.31.